The number of nitriles is 1. The molecule has 0 saturated heterocycles. The van der Waals surface area contributed by atoms with E-state index < -0.39 is 6.61 Å². The van der Waals surface area contributed by atoms with E-state index in [0.717, 1.165) is 0 Å². The smallest absolute Gasteiger partial charge is 0.387 e. The molecule has 0 aliphatic rings. The van der Waals surface area contributed by atoms with Crippen molar-refractivity contribution in [3.63, 3.8) is 0 Å². The summed E-state index contributed by atoms with van der Waals surface area (Å²) in [6.45, 7) is -2.19. The van der Waals surface area contributed by atoms with E-state index in [1.165, 1.54) is 24.5 Å². The average Bonchev–Trinajstić information content (AvgIpc) is 3.07. The topological polar surface area (TPSA) is 78.5 Å². The van der Waals surface area contributed by atoms with Gasteiger partial charge in [0, 0.05) is 18.7 Å². The number of carbonyl (C=O) groups excluding carboxylic acids is 1. The number of rotatable bonds is 9. The Balaban J connectivity index is 1.96. The predicted molar refractivity (Wildman–Crippen MR) is 90.9 cm³/mol. The fraction of sp³-hybridized carbons (Fsp3) is 0.294. The second-order valence-electron chi connectivity index (χ2n) is 5.27. The van der Waals surface area contributed by atoms with Crippen LogP contribution in [0.2, 0.25) is 5.02 Å². The van der Waals surface area contributed by atoms with Crippen molar-refractivity contribution in [1.29, 1.82) is 5.26 Å². The van der Waals surface area contributed by atoms with Crippen LogP contribution in [0, 0.1) is 11.3 Å². The number of furan rings is 1. The number of halogens is 3. The lowest BCUT2D eigenvalue weighted by Crippen LogP contribution is -2.33. The summed E-state index contributed by atoms with van der Waals surface area (Å²) in [4.78, 5) is 14.0. The van der Waals surface area contributed by atoms with Crippen LogP contribution in [-0.2, 0) is 11.3 Å². The van der Waals surface area contributed by atoms with E-state index in [1.807, 2.05) is 6.07 Å². The van der Waals surface area contributed by atoms with Gasteiger partial charge in [0.2, 0.25) is 5.91 Å². The van der Waals surface area contributed by atoms with E-state index in [2.05, 4.69) is 10.1 Å². The van der Waals surface area contributed by atoms with Crippen molar-refractivity contribution < 1.29 is 22.7 Å². The van der Waals surface area contributed by atoms with Gasteiger partial charge in [-0.1, -0.05) is 11.6 Å². The normalized spacial score (nSPS) is 10.8. The molecular formula is C17H16ClF2N3O3. The molecule has 0 unspecified atom stereocenters. The van der Waals surface area contributed by atoms with Crippen molar-refractivity contribution >= 4 is 23.2 Å². The molecule has 2 aromatic rings. The van der Waals surface area contributed by atoms with Gasteiger partial charge >= 0.3 is 6.61 Å². The number of nitrogens with one attached hydrogen (secondary N) is 1. The second-order valence-corrected chi connectivity index (χ2v) is 5.68. The second kappa shape index (κ2) is 9.75. The van der Waals surface area contributed by atoms with Gasteiger partial charge in [-0.25, -0.2) is 0 Å². The highest BCUT2D eigenvalue weighted by molar-refractivity contribution is 6.32. The molecule has 0 bridgehead atoms. The summed E-state index contributed by atoms with van der Waals surface area (Å²) in [5, 5.41) is 11.3. The zero-order valence-electron chi connectivity index (χ0n) is 13.6. The molecule has 138 valence electrons. The molecule has 0 aliphatic heterocycles. The van der Waals surface area contributed by atoms with Gasteiger partial charge in [0.1, 0.15) is 11.5 Å². The maximum absolute atomic E-state index is 12.2. The van der Waals surface area contributed by atoms with Crippen molar-refractivity contribution in [2.24, 2.45) is 0 Å². The highest BCUT2D eigenvalue weighted by Crippen LogP contribution is 2.28. The molecule has 26 heavy (non-hydrogen) atoms. The van der Waals surface area contributed by atoms with Gasteiger partial charge in [0.05, 0.1) is 30.4 Å². The molecule has 1 amide bonds. The van der Waals surface area contributed by atoms with Crippen molar-refractivity contribution in [3.05, 3.63) is 47.4 Å². The van der Waals surface area contributed by atoms with Crippen molar-refractivity contribution in [3.8, 4) is 11.8 Å². The molecule has 0 saturated carbocycles. The van der Waals surface area contributed by atoms with Gasteiger partial charge in [0.25, 0.3) is 0 Å². The molecule has 0 radical (unpaired) electrons. The maximum atomic E-state index is 12.2. The van der Waals surface area contributed by atoms with Gasteiger partial charge in [-0.15, -0.1) is 0 Å². The van der Waals surface area contributed by atoms with Crippen LogP contribution >= 0.6 is 11.6 Å². The largest absolute Gasteiger partial charge is 0.468 e. The van der Waals surface area contributed by atoms with Gasteiger partial charge in [-0.05, 0) is 30.3 Å². The Kier molecular flexibility index (Phi) is 7.38. The molecule has 1 heterocycles. The number of alkyl halides is 2. The van der Waals surface area contributed by atoms with Crippen LogP contribution in [-0.4, -0.2) is 30.5 Å². The Bertz CT molecular complexity index is 763. The maximum Gasteiger partial charge on any atom is 0.387 e. The van der Waals surface area contributed by atoms with Gasteiger partial charge in [0.15, 0.2) is 0 Å². The summed E-state index contributed by atoms with van der Waals surface area (Å²) < 4.78 is 34.0. The standard InChI is InChI=1S/C17H16ClF2N3O3/c18-14-9-12(4-5-15(14)26-17(19)20)22-16(24)11-23(7-2-6-21)10-13-3-1-8-25-13/h1,3-5,8-9,17H,2,7,10-11H2,(H,22,24). The van der Waals surface area contributed by atoms with Crippen molar-refractivity contribution in [1.82, 2.24) is 4.90 Å². The van der Waals surface area contributed by atoms with Crippen LogP contribution in [0.5, 0.6) is 5.75 Å². The van der Waals surface area contributed by atoms with Gasteiger partial charge < -0.3 is 14.5 Å². The molecule has 0 aliphatic carbocycles. The molecule has 0 fully saturated rings. The molecule has 1 aromatic carbocycles. The lowest BCUT2D eigenvalue weighted by molar-refractivity contribution is -0.117. The van der Waals surface area contributed by atoms with Crippen LogP contribution in [0.25, 0.3) is 0 Å². The minimum absolute atomic E-state index is 0.0231. The highest BCUT2D eigenvalue weighted by atomic mass is 35.5. The van der Waals surface area contributed by atoms with Crippen LogP contribution < -0.4 is 10.1 Å². The lowest BCUT2D eigenvalue weighted by Gasteiger charge is -2.19. The zero-order chi connectivity index (χ0) is 18.9. The molecular weight excluding hydrogens is 368 g/mol. The third kappa shape index (κ3) is 6.35. The summed E-state index contributed by atoms with van der Waals surface area (Å²) in [5.41, 5.74) is 0.347. The van der Waals surface area contributed by atoms with Crippen LogP contribution in [0.4, 0.5) is 14.5 Å². The fourth-order valence-electron chi connectivity index (χ4n) is 2.22. The van der Waals surface area contributed by atoms with E-state index in [9.17, 15) is 13.6 Å². The third-order valence-corrected chi connectivity index (χ3v) is 3.59. The van der Waals surface area contributed by atoms with Crippen molar-refractivity contribution in [2.45, 2.75) is 19.6 Å². The molecule has 1 N–H and O–H groups in total. The molecule has 9 heteroatoms. The third-order valence-electron chi connectivity index (χ3n) is 3.30. The highest BCUT2D eigenvalue weighted by Gasteiger charge is 2.14. The number of hydrogen-bond donors (Lipinski definition) is 1. The summed E-state index contributed by atoms with van der Waals surface area (Å²) in [7, 11) is 0. The molecule has 0 spiro atoms. The van der Waals surface area contributed by atoms with Crippen LogP contribution in [0.1, 0.15) is 12.2 Å². The summed E-state index contributed by atoms with van der Waals surface area (Å²) in [6.07, 6.45) is 1.79. The summed E-state index contributed by atoms with van der Waals surface area (Å²) >= 11 is 5.86. The SMILES string of the molecule is N#CCCN(CC(=O)Nc1ccc(OC(F)F)c(Cl)c1)Cc1ccco1. The Labute approximate surface area is 153 Å². The number of nitrogens with zero attached hydrogens (tertiary/aromatic N) is 2. The minimum Gasteiger partial charge on any atom is -0.468 e. The molecule has 1 aromatic heterocycles. The molecule has 0 atom stereocenters. The summed E-state index contributed by atoms with van der Waals surface area (Å²) in [5.74, 6) is 0.161. The van der Waals surface area contributed by atoms with E-state index >= 15 is 0 Å². The molecule has 2 rings (SSSR count). The minimum atomic E-state index is -2.98. The average molecular weight is 384 g/mol. The monoisotopic (exact) mass is 383 g/mol. The first-order valence-electron chi connectivity index (χ1n) is 7.64. The number of hydrogen-bond acceptors (Lipinski definition) is 5. The lowest BCUT2D eigenvalue weighted by atomic mass is 10.3. The Morgan fingerprint density at radius 3 is 2.85 bits per heavy atom. The van der Waals surface area contributed by atoms with Gasteiger partial charge in [-0.2, -0.15) is 14.0 Å². The Morgan fingerprint density at radius 2 is 2.23 bits per heavy atom. The number of amides is 1. The number of ether oxygens (including phenoxy) is 1. The first-order valence-corrected chi connectivity index (χ1v) is 8.01. The van der Waals surface area contributed by atoms with Crippen molar-refractivity contribution in [2.75, 3.05) is 18.4 Å². The van der Waals surface area contributed by atoms with E-state index in [4.69, 9.17) is 21.3 Å². The zero-order valence-corrected chi connectivity index (χ0v) is 14.4. The van der Waals surface area contributed by atoms with E-state index in [1.54, 1.807) is 17.0 Å². The van der Waals surface area contributed by atoms with Crippen LogP contribution in [0.15, 0.2) is 41.0 Å². The van der Waals surface area contributed by atoms with E-state index in [0.29, 0.717) is 24.5 Å². The first kappa shape index (κ1) is 19.7. The van der Waals surface area contributed by atoms with Crippen LogP contribution in [0.3, 0.4) is 0 Å². The quantitative estimate of drug-likeness (QED) is 0.710. The number of carbonyl (C=O) groups is 1. The fourth-order valence-corrected chi connectivity index (χ4v) is 2.44. The predicted octanol–water partition coefficient (Wildman–Crippen LogP) is 3.89. The first-order chi connectivity index (χ1) is 12.5. The summed E-state index contributed by atoms with van der Waals surface area (Å²) in [6, 6.07) is 9.53. The Morgan fingerprint density at radius 1 is 1.42 bits per heavy atom. The molecule has 6 nitrogen and oxygen atoms in total. The Hall–Kier alpha value is -2.63. The van der Waals surface area contributed by atoms with Gasteiger partial charge in [-0.3, -0.25) is 9.69 Å². The number of anilines is 1. The number of benzene rings is 1. The van der Waals surface area contributed by atoms with E-state index in [-0.39, 0.29) is 29.6 Å².